The second-order valence-corrected chi connectivity index (χ2v) is 19.1. The summed E-state index contributed by atoms with van der Waals surface area (Å²) in [5.74, 6) is 3.83. The average molecular weight is 620 g/mol. The first-order valence-electron chi connectivity index (χ1n) is 13.8. The van der Waals surface area contributed by atoms with Gasteiger partial charge in [-0.25, -0.2) is 0 Å². The molecule has 7 heteroatoms. The number of benzene rings is 3. The molecule has 4 aliphatic rings. The van der Waals surface area contributed by atoms with Gasteiger partial charge in [-0.2, -0.15) is 0 Å². The quantitative estimate of drug-likeness (QED) is 0.220. The van der Waals surface area contributed by atoms with E-state index >= 15 is 0 Å². The van der Waals surface area contributed by atoms with Gasteiger partial charge in [-0.05, 0) is 99.3 Å². The Morgan fingerprint density at radius 3 is 2.10 bits per heavy atom. The van der Waals surface area contributed by atoms with Gasteiger partial charge in [0.05, 0.1) is 12.3 Å². The van der Waals surface area contributed by atoms with E-state index < -0.39 is 14.7 Å². The molecule has 0 aliphatic heterocycles. The van der Waals surface area contributed by atoms with Gasteiger partial charge in [0, 0.05) is 28.5 Å². The van der Waals surface area contributed by atoms with E-state index in [-0.39, 0.29) is 5.41 Å². The Balaban J connectivity index is 0.000000723. The molecule has 0 heterocycles. The second-order valence-electron chi connectivity index (χ2n) is 11.4. The van der Waals surface area contributed by atoms with Crippen molar-refractivity contribution in [3.8, 4) is 22.6 Å². The Bertz CT molecular complexity index is 1300. The Morgan fingerprint density at radius 1 is 0.923 bits per heavy atom. The predicted molar refractivity (Wildman–Crippen MR) is 161 cm³/mol. The zero-order valence-electron chi connectivity index (χ0n) is 22.5. The summed E-state index contributed by atoms with van der Waals surface area (Å²) >= 11 is -1.92. The molecule has 4 aliphatic carbocycles. The first-order valence-corrected chi connectivity index (χ1v) is 20.3. The first-order chi connectivity index (χ1) is 18.8. The van der Waals surface area contributed by atoms with Crippen molar-refractivity contribution in [1.82, 2.24) is 0 Å². The van der Waals surface area contributed by atoms with Crippen LogP contribution in [0.1, 0.15) is 62.1 Å². The number of aliphatic imine (C=N–C) groups is 1. The van der Waals surface area contributed by atoms with Crippen LogP contribution < -0.4 is 4.74 Å². The van der Waals surface area contributed by atoms with Crippen molar-refractivity contribution >= 4 is 39.8 Å². The summed E-state index contributed by atoms with van der Waals surface area (Å²) in [6, 6.07) is 20.6. The van der Waals surface area contributed by atoms with E-state index in [4.69, 9.17) is 37.6 Å². The fourth-order valence-electron chi connectivity index (χ4n) is 7.67. The zero-order valence-corrected chi connectivity index (χ0v) is 26.3. The number of para-hydroxylation sites is 2. The molecule has 3 aromatic carbocycles. The zero-order chi connectivity index (χ0) is 27.6. The molecule has 4 fully saturated rings. The van der Waals surface area contributed by atoms with Gasteiger partial charge in [0.25, 0.3) is 0 Å². The van der Waals surface area contributed by atoms with Crippen molar-refractivity contribution in [2.45, 2.75) is 57.8 Å². The summed E-state index contributed by atoms with van der Waals surface area (Å²) in [6.45, 7) is 4.77. The van der Waals surface area contributed by atoms with Crippen molar-refractivity contribution in [2.24, 2.45) is 22.7 Å². The molecule has 0 saturated heterocycles. The molecule has 4 bridgehead atoms. The molecular weight excluding hydrogens is 585 g/mol. The van der Waals surface area contributed by atoms with E-state index in [0.29, 0.717) is 12.4 Å². The van der Waals surface area contributed by atoms with Crippen LogP contribution in [0.15, 0.2) is 65.7 Å². The topological polar surface area (TPSA) is 41.8 Å². The third-order valence-electron chi connectivity index (χ3n) is 8.62. The maximum atomic E-state index is 11.5. The molecule has 0 unspecified atom stereocenters. The van der Waals surface area contributed by atoms with Crippen molar-refractivity contribution in [3.05, 3.63) is 77.4 Å². The van der Waals surface area contributed by atoms with Crippen LogP contribution in [0, 0.1) is 24.7 Å². The summed E-state index contributed by atoms with van der Waals surface area (Å²) in [7, 11) is 14.9. The number of hydrogen-bond acceptors (Lipinski definition) is 3. The van der Waals surface area contributed by atoms with E-state index in [1.165, 1.54) is 49.7 Å². The van der Waals surface area contributed by atoms with Crippen LogP contribution in [0.25, 0.3) is 11.1 Å². The number of aryl methyl sites for hydroxylation is 1. The fourth-order valence-corrected chi connectivity index (χ4v) is 7.67. The van der Waals surface area contributed by atoms with E-state index in [1.807, 2.05) is 49.5 Å². The predicted octanol–water partition coefficient (Wildman–Crippen LogP) is 10.1. The summed E-state index contributed by atoms with van der Waals surface area (Å²) in [4.78, 5) is 4.90. The number of rotatable bonds is 6. The molecule has 0 spiro atoms. The van der Waals surface area contributed by atoms with E-state index in [0.717, 1.165) is 45.9 Å². The molecule has 4 saturated carbocycles. The SMILES string of the molecule is CCOc1ccccc1-c1ccccc1N=Cc1cc(C)cc(C23CC4CC(CC(C4)C2)C3)c1O.[Cl][Ti]([Cl])[Cl]. The van der Waals surface area contributed by atoms with Crippen molar-refractivity contribution in [1.29, 1.82) is 0 Å². The van der Waals surface area contributed by atoms with Crippen molar-refractivity contribution in [3.63, 3.8) is 0 Å². The number of phenols is 1. The van der Waals surface area contributed by atoms with Gasteiger partial charge >= 0.3 is 42.6 Å². The molecule has 39 heavy (non-hydrogen) atoms. The van der Waals surface area contributed by atoms with Crippen LogP contribution in [0.3, 0.4) is 0 Å². The minimum absolute atomic E-state index is 0.155. The number of aromatic hydroxyl groups is 1. The Hall–Kier alpha value is -1.49. The molecule has 0 atom stereocenters. The summed E-state index contributed by atoms with van der Waals surface area (Å²) < 4.78 is 5.88. The van der Waals surface area contributed by atoms with Crippen LogP contribution in [-0.2, 0) is 20.1 Å². The van der Waals surface area contributed by atoms with Crippen LogP contribution in [0.4, 0.5) is 5.69 Å². The normalized spacial score (nSPS) is 24.9. The molecule has 3 aromatic rings. The molecule has 205 valence electrons. The molecule has 7 rings (SSSR count). The van der Waals surface area contributed by atoms with Crippen molar-refractivity contribution in [2.75, 3.05) is 6.61 Å². The van der Waals surface area contributed by atoms with E-state index in [1.54, 1.807) is 0 Å². The molecular formula is C32H35Cl3NO2Ti. The van der Waals surface area contributed by atoms with E-state index in [9.17, 15) is 5.11 Å². The fraction of sp³-hybridized carbons (Fsp3) is 0.406. The van der Waals surface area contributed by atoms with Gasteiger partial charge < -0.3 is 9.84 Å². The van der Waals surface area contributed by atoms with Gasteiger partial charge in [0.2, 0.25) is 0 Å². The second kappa shape index (κ2) is 12.6. The van der Waals surface area contributed by atoms with Crippen LogP contribution in [-0.4, -0.2) is 17.9 Å². The third-order valence-corrected chi connectivity index (χ3v) is 8.62. The van der Waals surface area contributed by atoms with Gasteiger partial charge in [0.15, 0.2) is 0 Å². The molecule has 0 amide bonds. The third kappa shape index (κ3) is 6.55. The first kappa shape index (κ1) is 29.0. The van der Waals surface area contributed by atoms with Gasteiger partial charge in [-0.1, -0.05) is 42.5 Å². The van der Waals surface area contributed by atoms with E-state index in [2.05, 4.69) is 31.2 Å². The monoisotopic (exact) mass is 618 g/mol. The summed E-state index contributed by atoms with van der Waals surface area (Å²) in [5, 5.41) is 11.5. The molecule has 3 nitrogen and oxygen atoms in total. The maximum absolute atomic E-state index is 11.5. The van der Waals surface area contributed by atoms with Crippen molar-refractivity contribution < 1.29 is 24.5 Å². The Morgan fingerprint density at radius 2 is 1.49 bits per heavy atom. The number of hydrogen-bond donors (Lipinski definition) is 1. The summed E-state index contributed by atoms with van der Waals surface area (Å²) in [5.41, 5.74) is 6.28. The van der Waals surface area contributed by atoms with Gasteiger partial charge in [-0.15, -0.1) is 0 Å². The number of halogens is 3. The number of ether oxygens (including phenoxy) is 1. The Kier molecular flexibility index (Phi) is 9.36. The Labute approximate surface area is 250 Å². The molecule has 0 aromatic heterocycles. The van der Waals surface area contributed by atoms with Crippen LogP contribution >= 0.6 is 27.9 Å². The number of phenolic OH excluding ortho intramolecular Hbond substituents is 1. The standard InChI is InChI=1S/C32H35NO2.3ClH.Ti/c1-3-35-30-11-7-5-9-27(30)26-8-4-6-10-29(26)33-20-25-12-21(2)13-28(31(25)34)32-17-22-14-23(18-32)16-24(15-22)19-32;;;;/h4-13,20,22-24,34H,3,14-19H2,1-2H3;3*1H;/q;;;;+3/p-3. The van der Waals surface area contributed by atoms with Gasteiger partial charge in [-0.3, -0.25) is 4.99 Å². The van der Waals surface area contributed by atoms with Crippen LogP contribution in [0.2, 0.25) is 0 Å². The molecule has 1 N–H and O–H groups in total. The van der Waals surface area contributed by atoms with Crippen LogP contribution in [0.5, 0.6) is 11.5 Å². The minimum atomic E-state index is -1.92. The molecule has 0 radical (unpaired) electrons. The summed E-state index contributed by atoms with van der Waals surface area (Å²) in [6.07, 6.45) is 9.78. The van der Waals surface area contributed by atoms with Gasteiger partial charge in [0.1, 0.15) is 11.5 Å². The number of nitrogens with zero attached hydrogens (tertiary/aromatic N) is 1. The average Bonchev–Trinajstić information content (AvgIpc) is 2.88.